The molecule has 0 aliphatic carbocycles. The summed E-state index contributed by atoms with van der Waals surface area (Å²) in [4.78, 5) is 9.68. The second-order valence-corrected chi connectivity index (χ2v) is 1.60. The third-order valence-electron chi connectivity index (χ3n) is 0.148. The molecule has 0 aliphatic rings. The van der Waals surface area contributed by atoms with E-state index in [1.165, 1.54) is 6.08 Å². The van der Waals surface area contributed by atoms with E-state index in [0.717, 1.165) is 0 Å². The van der Waals surface area contributed by atoms with Crippen LogP contribution in [-0.2, 0) is 69.4 Å². The van der Waals surface area contributed by atoms with Gasteiger partial charge in [-0.15, -0.1) is 0 Å². The van der Waals surface area contributed by atoms with Crippen LogP contribution in [0.5, 0.6) is 0 Å². The van der Waals surface area contributed by atoms with Crippen LogP contribution in [-0.4, -0.2) is 4.17 Å². The van der Waals surface area contributed by atoms with Crippen LogP contribution in [0, 0.1) is 0 Å². The summed E-state index contributed by atoms with van der Waals surface area (Å²) in [5.41, 5.74) is 0. The van der Waals surface area contributed by atoms with Crippen molar-refractivity contribution in [3.8, 4) is 0 Å². The quantitative estimate of drug-likeness (QED) is 0.356. The van der Waals surface area contributed by atoms with Crippen molar-refractivity contribution in [2.45, 2.75) is 0 Å². The van der Waals surface area contributed by atoms with Gasteiger partial charge in [0.2, 0.25) is 0 Å². The number of rotatable bonds is 1. The third kappa shape index (κ3) is 18.4. The van der Waals surface area contributed by atoms with Crippen molar-refractivity contribution in [3.05, 3.63) is 12.7 Å². The van der Waals surface area contributed by atoms with Gasteiger partial charge in [0.1, 0.15) is 0 Å². The van der Waals surface area contributed by atoms with Gasteiger partial charge in [-0.1, -0.05) is 0 Å². The number of hydrogen-bond acceptors (Lipinski definition) is 1. The van der Waals surface area contributed by atoms with Crippen molar-refractivity contribution in [1.82, 2.24) is 0 Å². The second-order valence-electron chi connectivity index (χ2n) is 0.478. The van der Waals surface area contributed by atoms with Crippen LogP contribution >= 0.6 is 0 Å². The minimum atomic E-state index is -0.00926. The van der Waals surface area contributed by atoms with Gasteiger partial charge >= 0.3 is 41.4 Å². The molecule has 0 amide bonds. The first kappa shape index (κ1) is 15.8. The predicted octanol–water partition coefficient (Wildman–Crippen LogP) is 0.241. The molecule has 41 valence electrons. The Labute approximate surface area is 85.2 Å². The summed E-state index contributed by atoms with van der Waals surface area (Å²) < 4.78 is -0.00926. The number of hydrogen-bond donors (Lipinski definition) is 0. The number of carbonyl (C=O) groups excluding carboxylic acids is 1. The Morgan fingerprint density at radius 2 is 1.86 bits per heavy atom. The number of allylic oxidation sites excluding steroid dienone is 1. The Balaban J connectivity index is -0.0000000800. The van der Waals surface area contributed by atoms with Gasteiger partial charge in [0.15, 0.2) is 0 Å². The molecule has 0 N–H and O–H groups in total. The van der Waals surface area contributed by atoms with Gasteiger partial charge < -0.3 is 0 Å². The molecule has 0 fully saturated rings. The Bertz CT molecular complexity index is 66.0. The molecule has 0 spiro atoms. The van der Waals surface area contributed by atoms with Crippen LogP contribution in [0.3, 0.4) is 0 Å². The molecule has 2 radical (unpaired) electrons. The van der Waals surface area contributed by atoms with Crippen molar-refractivity contribution in [2.24, 2.45) is 0 Å². The van der Waals surface area contributed by atoms with E-state index in [4.69, 9.17) is 0 Å². The molecule has 1 nitrogen and oxygen atoms in total. The van der Waals surface area contributed by atoms with E-state index in [9.17, 15) is 4.79 Å². The van der Waals surface area contributed by atoms with Crippen molar-refractivity contribution in [2.75, 3.05) is 0 Å². The SMILES string of the molecule is C=C[C](=O)[Pt].[Nb].[Ta]. The maximum absolute atomic E-state index is 9.68. The molecule has 0 saturated heterocycles. The maximum Gasteiger partial charge on any atom is 0 e. The first-order valence-electron chi connectivity index (χ1n) is 1.06. The normalized spacial score (nSPS) is 4.86. The summed E-state index contributed by atoms with van der Waals surface area (Å²) in [5.74, 6) is 0. The monoisotopic (exact) mass is 524 g/mol. The Kier molecular flexibility index (Phi) is 23.8. The molecule has 4 heteroatoms. The fourth-order valence-corrected chi connectivity index (χ4v) is 0. The van der Waals surface area contributed by atoms with Crippen LogP contribution in [0.2, 0.25) is 0 Å². The molecule has 0 heterocycles. The van der Waals surface area contributed by atoms with Crippen molar-refractivity contribution in [3.63, 3.8) is 0 Å². The van der Waals surface area contributed by atoms with Gasteiger partial charge in [0.25, 0.3) is 0 Å². The zero-order chi connectivity index (χ0) is 4.28. The molecule has 0 aromatic carbocycles. The number of carbonyl (C=O) groups is 1. The zero-order valence-corrected chi connectivity index (χ0v) is 11.1. The Morgan fingerprint density at radius 1 is 1.71 bits per heavy atom. The van der Waals surface area contributed by atoms with Gasteiger partial charge in [-0.3, -0.25) is 0 Å². The maximum atomic E-state index is 9.68. The topological polar surface area (TPSA) is 17.1 Å². The molecule has 0 saturated carbocycles. The largest absolute Gasteiger partial charge is 0 e. The summed E-state index contributed by atoms with van der Waals surface area (Å²) in [7, 11) is 0. The van der Waals surface area contributed by atoms with Gasteiger partial charge in [-0.05, 0) is 0 Å². The van der Waals surface area contributed by atoms with Crippen LogP contribution in [0.4, 0.5) is 0 Å². The van der Waals surface area contributed by atoms with Crippen LogP contribution in [0.15, 0.2) is 12.7 Å². The third-order valence-corrected chi connectivity index (χ3v) is 0.612. The molecule has 0 bridgehead atoms. The van der Waals surface area contributed by atoms with Crippen molar-refractivity contribution < 1.29 is 69.4 Å². The molecule has 7 heavy (non-hydrogen) atoms. The zero-order valence-electron chi connectivity index (χ0n) is 3.40. The summed E-state index contributed by atoms with van der Waals surface area (Å²) >= 11 is 1.64. The van der Waals surface area contributed by atoms with E-state index in [1.54, 1.807) is 19.8 Å². The molecule has 0 aliphatic heterocycles. The molecular formula is C3H3NbOPtTa. The van der Waals surface area contributed by atoms with Crippen LogP contribution in [0.1, 0.15) is 0 Å². The standard InChI is InChI=1S/C3H3O.Nb.Pt.Ta/c1-2-3-4;;;/h2H,1H2;;;. The minimum absolute atomic E-state index is 0. The fourth-order valence-electron chi connectivity index (χ4n) is 0. The molecule has 0 unspecified atom stereocenters. The minimum Gasteiger partial charge on any atom is 0 e. The first-order valence-corrected chi connectivity index (χ1v) is 2.20. The molecule has 0 aromatic heterocycles. The average Bonchev–Trinajstić information content (AvgIpc) is 1.38. The molecular weight excluding hydrogens is 521 g/mol. The van der Waals surface area contributed by atoms with Gasteiger partial charge in [-0.25, -0.2) is 0 Å². The summed E-state index contributed by atoms with van der Waals surface area (Å²) in [5, 5.41) is 0. The second kappa shape index (κ2) is 10.5. The predicted molar refractivity (Wildman–Crippen MR) is 15.2 cm³/mol. The Hall–Kier alpha value is 1.58. The van der Waals surface area contributed by atoms with E-state index in [0.29, 0.717) is 0 Å². The van der Waals surface area contributed by atoms with Crippen LogP contribution in [0.25, 0.3) is 0 Å². The first-order chi connectivity index (χ1) is 2.27. The van der Waals surface area contributed by atoms with Gasteiger partial charge in [-0.2, -0.15) is 0 Å². The van der Waals surface area contributed by atoms with Crippen molar-refractivity contribution >= 4 is 4.17 Å². The molecule has 0 rings (SSSR count). The van der Waals surface area contributed by atoms with Gasteiger partial charge in [0.05, 0.1) is 0 Å². The molecule has 0 atom stereocenters. The van der Waals surface area contributed by atoms with Crippen LogP contribution < -0.4 is 0 Å². The van der Waals surface area contributed by atoms with Gasteiger partial charge in [0, 0.05) is 44.8 Å². The summed E-state index contributed by atoms with van der Waals surface area (Å²) in [6, 6.07) is 0. The van der Waals surface area contributed by atoms with E-state index in [1.807, 2.05) is 0 Å². The van der Waals surface area contributed by atoms with E-state index >= 15 is 0 Å². The van der Waals surface area contributed by atoms with E-state index in [2.05, 4.69) is 6.58 Å². The summed E-state index contributed by atoms with van der Waals surface area (Å²) in [6.45, 7) is 3.20. The molecule has 0 aromatic rings. The van der Waals surface area contributed by atoms with E-state index in [-0.39, 0.29) is 48.9 Å². The average molecular weight is 524 g/mol. The smallest absolute Gasteiger partial charge is 0 e. The van der Waals surface area contributed by atoms with E-state index < -0.39 is 0 Å². The summed E-state index contributed by atoms with van der Waals surface area (Å²) in [6.07, 6.45) is 1.27. The fraction of sp³-hybridized carbons (Fsp3) is 0. The van der Waals surface area contributed by atoms with Crippen molar-refractivity contribution in [1.29, 1.82) is 0 Å². The Morgan fingerprint density at radius 3 is 1.86 bits per heavy atom.